The topological polar surface area (TPSA) is 29.5 Å². The lowest BCUT2D eigenvalue weighted by atomic mass is 10.3. The number of hydrogen-bond donors (Lipinski definition) is 0. The van der Waals surface area contributed by atoms with E-state index in [4.69, 9.17) is 4.52 Å². The van der Waals surface area contributed by atoms with Gasteiger partial charge in [-0.15, -0.1) is 6.58 Å². The van der Waals surface area contributed by atoms with Gasteiger partial charge >= 0.3 is 0 Å². The molecule has 0 rings (SSSR count). The first-order valence-electron chi connectivity index (χ1n) is 6.52. The van der Waals surface area contributed by atoms with Crippen LogP contribution in [0.3, 0.4) is 0 Å². The van der Waals surface area contributed by atoms with Gasteiger partial charge in [-0.1, -0.05) is 19.4 Å². The highest BCUT2D eigenvalue weighted by molar-refractivity contribution is 7.56. The first kappa shape index (κ1) is 16.9. The van der Waals surface area contributed by atoms with E-state index in [9.17, 15) is 4.57 Å². The largest absolute Gasteiger partial charge is 0.317 e. The fraction of sp³-hybridized carbons (Fsp3) is 0.846. The smallest absolute Gasteiger partial charge is 0.276 e. The summed E-state index contributed by atoms with van der Waals surface area (Å²) in [5.41, 5.74) is 0. The predicted octanol–water partition coefficient (Wildman–Crippen LogP) is 4.30. The average Bonchev–Trinajstić information content (AvgIpc) is 2.16. The Balaban J connectivity index is 4.87. The molecule has 3 nitrogen and oxygen atoms in total. The Labute approximate surface area is 107 Å². The molecule has 0 aliphatic rings. The SMILES string of the molecule is C=CCP(=O)(OCCCC)N(C(C)C)C(C)C. The zero-order chi connectivity index (χ0) is 13.5. The van der Waals surface area contributed by atoms with Crippen LogP contribution in [0.1, 0.15) is 47.5 Å². The molecule has 102 valence electrons. The Morgan fingerprint density at radius 1 is 1.29 bits per heavy atom. The first-order valence-corrected chi connectivity index (χ1v) is 8.28. The lowest BCUT2D eigenvalue weighted by Crippen LogP contribution is -2.35. The number of unbranched alkanes of at least 4 members (excludes halogenated alkanes) is 1. The maximum absolute atomic E-state index is 12.9. The quantitative estimate of drug-likeness (QED) is 0.352. The van der Waals surface area contributed by atoms with Crippen molar-refractivity contribution in [2.75, 3.05) is 12.8 Å². The molecule has 4 heteroatoms. The lowest BCUT2D eigenvalue weighted by Gasteiger charge is -2.36. The van der Waals surface area contributed by atoms with E-state index >= 15 is 0 Å². The molecule has 0 amide bonds. The third kappa shape index (κ3) is 5.37. The van der Waals surface area contributed by atoms with Crippen LogP contribution in [0.2, 0.25) is 0 Å². The maximum atomic E-state index is 12.9. The summed E-state index contributed by atoms with van der Waals surface area (Å²) in [6.07, 6.45) is 4.13. The molecule has 0 saturated heterocycles. The van der Waals surface area contributed by atoms with Crippen LogP contribution in [-0.4, -0.2) is 29.5 Å². The van der Waals surface area contributed by atoms with Gasteiger partial charge in [0.25, 0.3) is 7.52 Å². The number of rotatable bonds is 9. The highest BCUT2D eigenvalue weighted by Gasteiger charge is 2.34. The molecule has 17 heavy (non-hydrogen) atoms. The molecule has 0 bridgehead atoms. The van der Waals surface area contributed by atoms with Crippen molar-refractivity contribution in [3.63, 3.8) is 0 Å². The van der Waals surface area contributed by atoms with E-state index < -0.39 is 7.52 Å². The van der Waals surface area contributed by atoms with Crippen LogP contribution in [-0.2, 0) is 9.09 Å². The highest BCUT2D eigenvalue weighted by atomic mass is 31.2. The minimum absolute atomic E-state index is 0.211. The van der Waals surface area contributed by atoms with Crippen molar-refractivity contribution in [1.29, 1.82) is 0 Å². The molecule has 0 radical (unpaired) electrons. The Morgan fingerprint density at radius 3 is 2.18 bits per heavy atom. The van der Waals surface area contributed by atoms with Crippen molar-refractivity contribution in [2.45, 2.75) is 59.5 Å². The van der Waals surface area contributed by atoms with Gasteiger partial charge in [-0.25, -0.2) is 4.67 Å². The summed E-state index contributed by atoms with van der Waals surface area (Å²) < 4.78 is 20.6. The Morgan fingerprint density at radius 2 is 1.82 bits per heavy atom. The second kappa shape index (κ2) is 8.07. The fourth-order valence-corrected chi connectivity index (χ4v) is 4.60. The summed E-state index contributed by atoms with van der Waals surface area (Å²) >= 11 is 0. The molecule has 1 unspecified atom stereocenters. The molecule has 0 aromatic carbocycles. The zero-order valence-corrected chi connectivity index (χ0v) is 12.9. The maximum Gasteiger partial charge on any atom is 0.276 e. The van der Waals surface area contributed by atoms with Crippen LogP contribution < -0.4 is 0 Å². The zero-order valence-electron chi connectivity index (χ0n) is 12.0. The van der Waals surface area contributed by atoms with Crippen molar-refractivity contribution in [3.8, 4) is 0 Å². The van der Waals surface area contributed by atoms with Crippen molar-refractivity contribution in [1.82, 2.24) is 4.67 Å². The van der Waals surface area contributed by atoms with Gasteiger partial charge in [0.1, 0.15) is 0 Å². The third-order valence-corrected chi connectivity index (χ3v) is 5.49. The molecule has 0 N–H and O–H groups in total. The monoisotopic (exact) mass is 261 g/mol. The molecule has 0 aliphatic heterocycles. The van der Waals surface area contributed by atoms with Gasteiger partial charge < -0.3 is 4.52 Å². The molecule has 0 aliphatic carbocycles. The fourth-order valence-electron chi connectivity index (χ4n) is 2.03. The third-order valence-electron chi connectivity index (χ3n) is 2.56. The van der Waals surface area contributed by atoms with Gasteiger partial charge in [0.05, 0.1) is 12.8 Å². The van der Waals surface area contributed by atoms with E-state index in [1.54, 1.807) is 6.08 Å². The van der Waals surface area contributed by atoms with Crippen LogP contribution in [0.5, 0.6) is 0 Å². The van der Waals surface area contributed by atoms with Crippen LogP contribution in [0, 0.1) is 0 Å². The van der Waals surface area contributed by atoms with E-state index in [0.29, 0.717) is 12.8 Å². The second-order valence-corrected chi connectivity index (χ2v) is 7.22. The Hall–Kier alpha value is -0.110. The van der Waals surface area contributed by atoms with Gasteiger partial charge in [-0.05, 0) is 34.1 Å². The summed E-state index contributed by atoms with van der Waals surface area (Å²) in [5.74, 6) is 0. The van der Waals surface area contributed by atoms with Crippen LogP contribution in [0.4, 0.5) is 0 Å². The highest BCUT2D eigenvalue weighted by Crippen LogP contribution is 2.53. The summed E-state index contributed by atoms with van der Waals surface area (Å²) in [5, 5.41) is 0. The average molecular weight is 261 g/mol. The van der Waals surface area contributed by atoms with Crippen molar-refractivity contribution in [3.05, 3.63) is 12.7 Å². The normalized spacial score (nSPS) is 15.5. The lowest BCUT2D eigenvalue weighted by molar-refractivity contribution is 0.215. The van der Waals surface area contributed by atoms with E-state index in [1.807, 2.05) is 4.67 Å². The Bertz CT molecular complexity index is 256. The summed E-state index contributed by atoms with van der Waals surface area (Å²) in [7, 11) is -2.76. The predicted molar refractivity (Wildman–Crippen MR) is 75.6 cm³/mol. The van der Waals surface area contributed by atoms with E-state index in [-0.39, 0.29) is 12.1 Å². The van der Waals surface area contributed by atoms with E-state index in [1.165, 1.54) is 0 Å². The second-order valence-electron chi connectivity index (χ2n) is 4.86. The van der Waals surface area contributed by atoms with Crippen LogP contribution >= 0.6 is 7.52 Å². The van der Waals surface area contributed by atoms with Crippen molar-refractivity contribution >= 4 is 7.52 Å². The molecule has 0 saturated carbocycles. The van der Waals surface area contributed by atoms with Crippen LogP contribution in [0.25, 0.3) is 0 Å². The minimum atomic E-state index is -2.76. The van der Waals surface area contributed by atoms with E-state index in [0.717, 1.165) is 12.8 Å². The van der Waals surface area contributed by atoms with Gasteiger partial charge in [0.2, 0.25) is 0 Å². The number of hydrogen-bond acceptors (Lipinski definition) is 2. The summed E-state index contributed by atoms with van der Waals surface area (Å²) in [6.45, 7) is 14.6. The molecule has 0 aromatic rings. The summed E-state index contributed by atoms with van der Waals surface area (Å²) in [6, 6.07) is 0.421. The Kier molecular flexibility index (Phi) is 8.02. The van der Waals surface area contributed by atoms with Crippen molar-refractivity contribution < 1.29 is 9.09 Å². The minimum Gasteiger partial charge on any atom is -0.317 e. The molecule has 0 aromatic heterocycles. The van der Waals surface area contributed by atoms with Gasteiger partial charge in [0, 0.05) is 12.1 Å². The van der Waals surface area contributed by atoms with E-state index in [2.05, 4.69) is 41.2 Å². The molecule has 0 heterocycles. The van der Waals surface area contributed by atoms with Crippen molar-refractivity contribution in [2.24, 2.45) is 0 Å². The molecule has 1 atom stereocenters. The standard InChI is InChI=1S/C13H28NO2P/c1-7-9-10-16-17(15,11-8-2)14(12(3)4)13(5)6/h8,12-13H,2,7,9-11H2,1,3-6H3. The van der Waals surface area contributed by atoms with Gasteiger partial charge in [-0.3, -0.25) is 4.57 Å². The molecular formula is C13H28NO2P. The molecular weight excluding hydrogens is 233 g/mol. The van der Waals surface area contributed by atoms with Gasteiger partial charge in [-0.2, -0.15) is 0 Å². The van der Waals surface area contributed by atoms with Crippen LogP contribution in [0.15, 0.2) is 12.7 Å². The number of allylic oxidation sites excluding steroid dienone is 1. The van der Waals surface area contributed by atoms with Gasteiger partial charge in [0.15, 0.2) is 0 Å². The first-order chi connectivity index (χ1) is 7.89. The number of nitrogens with zero attached hydrogens (tertiary/aromatic N) is 1. The molecule has 0 spiro atoms. The summed E-state index contributed by atoms with van der Waals surface area (Å²) in [4.78, 5) is 0. The molecule has 0 fully saturated rings.